The number of hydrogen-bond acceptors (Lipinski definition) is 3. The average molecular weight is 297 g/mol. The van der Waals surface area contributed by atoms with Crippen molar-refractivity contribution in [2.45, 2.75) is 0 Å². The largest absolute Gasteiger partial charge is 0.437 e. The minimum atomic E-state index is 0.550. The molecule has 0 amide bonds. The van der Waals surface area contributed by atoms with Gasteiger partial charge in [-0.1, -0.05) is 48.5 Å². The minimum Gasteiger partial charge on any atom is -0.437 e. The van der Waals surface area contributed by atoms with Crippen molar-refractivity contribution < 1.29 is 9.21 Å². The molecule has 23 heavy (non-hydrogen) atoms. The fraction of sp³-hybridized carbons (Fsp3) is 0. The Balaban J connectivity index is 2.01. The Morgan fingerprint density at radius 3 is 2.57 bits per heavy atom. The SMILES string of the molecule is O=Cc1cccc2c1oc1nc3c(ccc4ccccc43)cc12. The van der Waals surface area contributed by atoms with Crippen LogP contribution in [0.4, 0.5) is 0 Å². The molecule has 3 nitrogen and oxygen atoms in total. The van der Waals surface area contributed by atoms with Gasteiger partial charge in [0.1, 0.15) is 5.58 Å². The van der Waals surface area contributed by atoms with Gasteiger partial charge < -0.3 is 4.42 Å². The van der Waals surface area contributed by atoms with Crippen molar-refractivity contribution in [2.75, 3.05) is 0 Å². The monoisotopic (exact) mass is 297 g/mol. The zero-order valence-corrected chi connectivity index (χ0v) is 12.1. The Hall–Kier alpha value is -3.20. The number of benzene rings is 3. The van der Waals surface area contributed by atoms with E-state index in [0.717, 1.165) is 38.7 Å². The van der Waals surface area contributed by atoms with Gasteiger partial charge in [-0.15, -0.1) is 0 Å². The zero-order chi connectivity index (χ0) is 15.4. The highest BCUT2D eigenvalue weighted by Gasteiger charge is 2.13. The number of hydrogen-bond donors (Lipinski definition) is 0. The highest BCUT2D eigenvalue weighted by atomic mass is 16.3. The number of pyridine rings is 1. The van der Waals surface area contributed by atoms with Gasteiger partial charge in [-0.25, -0.2) is 4.98 Å². The fourth-order valence-electron chi connectivity index (χ4n) is 3.23. The molecular weight excluding hydrogens is 286 g/mol. The fourth-order valence-corrected chi connectivity index (χ4v) is 3.23. The van der Waals surface area contributed by atoms with E-state index in [-0.39, 0.29) is 0 Å². The minimum absolute atomic E-state index is 0.550. The van der Waals surface area contributed by atoms with E-state index in [1.165, 1.54) is 0 Å². The summed E-state index contributed by atoms with van der Waals surface area (Å²) in [6.07, 6.45) is 0.819. The lowest BCUT2D eigenvalue weighted by molar-refractivity contribution is 0.112. The van der Waals surface area contributed by atoms with Crippen molar-refractivity contribution in [1.82, 2.24) is 4.98 Å². The summed E-state index contributed by atoms with van der Waals surface area (Å²) in [5, 5.41) is 5.17. The number of aldehydes is 1. The molecule has 0 radical (unpaired) electrons. The standard InChI is InChI=1S/C20H11NO2/c22-11-14-5-3-7-16-17-10-13-9-8-12-4-1-2-6-15(12)18(13)21-20(17)23-19(14)16/h1-11H. The van der Waals surface area contributed by atoms with E-state index in [0.29, 0.717) is 16.9 Å². The summed E-state index contributed by atoms with van der Waals surface area (Å²) in [6.45, 7) is 0. The van der Waals surface area contributed by atoms with E-state index in [1.54, 1.807) is 6.07 Å². The van der Waals surface area contributed by atoms with Crippen LogP contribution in [0.2, 0.25) is 0 Å². The van der Waals surface area contributed by atoms with Gasteiger partial charge in [0.05, 0.1) is 11.1 Å². The average Bonchev–Trinajstić information content (AvgIpc) is 2.97. The topological polar surface area (TPSA) is 43.1 Å². The van der Waals surface area contributed by atoms with E-state index in [4.69, 9.17) is 9.40 Å². The Morgan fingerprint density at radius 2 is 1.65 bits per heavy atom. The first kappa shape index (κ1) is 12.4. The van der Waals surface area contributed by atoms with Gasteiger partial charge in [-0.3, -0.25) is 4.79 Å². The van der Waals surface area contributed by atoms with E-state index >= 15 is 0 Å². The molecule has 0 aliphatic carbocycles. The van der Waals surface area contributed by atoms with E-state index in [1.807, 2.05) is 24.3 Å². The lowest BCUT2D eigenvalue weighted by Crippen LogP contribution is -1.82. The number of aromatic nitrogens is 1. The predicted octanol–water partition coefficient (Wildman–Crippen LogP) is 5.10. The van der Waals surface area contributed by atoms with Crippen LogP contribution in [0.15, 0.2) is 65.1 Å². The van der Waals surface area contributed by atoms with E-state index in [9.17, 15) is 4.79 Å². The molecule has 0 aliphatic heterocycles. The molecule has 0 atom stereocenters. The summed E-state index contributed by atoms with van der Waals surface area (Å²) < 4.78 is 5.89. The molecular formula is C20H11NO2. The van der Waals surface area contributed by atoms with E-state index in [2.05, 4.69) is 30.3 Å². The van der Waals surface area contributed by atoms with Crippen LogP contribution in [0.1, 0.15) is 10.4 Å². The van der Waals surface area contributed by atoms with Crippen LogP contribution in [-0.4, -0.2) is 11.3 Å². The number of rotatable bonds is 1. The zero-order valence-electron chi connectivity index (χ0n) is 12.1. The molecule has 3 heteroatoms. The molecule has 0 saturated carbocycles. The number of para-hydroxylation sites is 1. The van der Waals surface area contributed by atoms with Crippen LogP contribution >= 0.6 is 0 Å². The van der Waals surface area contributed by atoms with Crippen molar-refractivity contribution in [3.8, 4) is 0 Å². The molecule has 3 aromatic carbocycles. The second-order valence-corrected chi connectivity index (χ2v) is 5.64. The summed E-state index contributed by atoms with van der Waals surface area (Å²) in [4.78, 5) is 16.0. The van der Waals surface area contributed by atoms with Crippen LogP contribution in [0.5, 0.6) is 0 Å². The van der Waals surface area contributed by atoms with Gasteiger partial charge in [-0.2, -0.15) is 0 Å². The Kier molecular flexibility index (Phi) is 2.36. The van der Waals surface area contributed by atoms with Gasteiger partial charge >= 0.3 is 0 Å². The molecule has 0 N–H and O–H groups in total. The maximum absolute atomic E-state index is 11.2. The summed E-state index contributed by atoms with van der Waals surface area (Å²) in [7, 11) is 0. The van der Waals surface area contributed by atoms with Crippen LogP contribution < -0.4 is 0 Å². The number of carbonyl (C=O) groups excluding carboxylic acids is 1. The number of nitrogens with zero attached hydrogens (tertiary/aromatic N) is 1. The lowest BCUT2D eigenvalue weighted by Gasteiger charge is -2.02. The maximum atomic E-state index is 11.2. The Labute approximate surface area is 131 Å². The van der Waals surface area contributed by atoms with Crippen LogP contribution in [0, 0.1) is 0 Å². The summed E-state index contributed by atoms with van der Waals surface area (Å²) in [5.41, 5.74) is 2.64. The Bertz CT molecular complexity index is 1230. The maximum Gasteiger partial charge on any atom is 0.227 e. The molecule has 0 saturated heterocycles. The molecule has 2 heterocycles. The van der Waals surface area contributed by atoms with Crippen molar-refractivity contribution in [1.29, 1.82) is 0 Å². The molecule has 108 valence electrons. The van der Waals surface area contributed by atoms with Gasteiger partial charge in [0.25, 0.3) is 0 Å². The molecule has 0 spiro atoms. The summed E-state index contributed by atoms with van der Waals surface area (Å²) >= 11 is 0. The highest BCUT2D eigenvalue weighted by Crippen LogP contribution is 2.33. The first-order valence-electron chi connectivity index (χ1n) is 7.44. The highest BCUT2D eigenvalue weighted by molar-refractivity contribution is 6.14. The Morgan fingerprint density at radius 1 is 0.826 bits per heavy atom. The third-order valence-corrected chi connectivity index (χ3v) is 4.34. The molecule has 0 aliphatic rings. The van der Waals surface area contributed by atoms with Crippen molar-refractivity contribution in [3.05, 3.63) is 66.2 Å². The van der Waals surface area contributed by atoms with Crippen molar-refractivity contribution >= 4 is 50.0 Å². The number of fused-ring (bicyclic) bond motifs is 6. The smallest absolute Gasteiger partial charge is 0.227 e. The van der Waals surface area contributed by atoms with Crippen molar-refractivity contribution in [2.24, 2.45) is 0 Å². The lowest BCUT2D eigenvalue weighted by atomic mass is 10.0. The third kappa shape index (κ3) is 1.64. The van der Waals surface area contributed by atoms with Crippen LogP contribution in [0.3, 0.4) is 0 Å². The second kappa shape index (κ2) is 4.40. The first-order valence-corrected chi connectivity index (χ1v) is 7.44. The van der Waals surface area contributed by atoms with Gasteiger partial charge in [0.15, 0.2) is 6.29 Å². The number of carbonyl (C=O) groups is 1. The number of furan rings is 1. The van der Waals surface area contributed by atoms with Crippen LogP contribution in [0.25, 0.3) is 43.7 Å². The van der Waals surface area contributed by atoms with Gasteiger partial charge in [0, 0.05) is 21.5 Å². The summed E-state index contributed by atoms with van der Waals surface area (Å²) in [5.74, 6) is 0. The second-order valence-electron chi connectivity index (χ2n) is 5.64. The molecule has 0 unspecified atom stereocenters. The van der Waals surface area contributed by atoms with Gasteiger partial charge in [0.2, 0.25) is 5.71 Å². The normalized spacial score (nSPS) is 11.7. The molecule has 5 rings (SSSR count). The molecule has 0 fully saturated rings. The summed E-state index contributed by atoms with van der Waals surface area (Å²) in [6, 6.07) is 20.0. The van der Waals surface area contributed by atoms with Crippen molar-refractivity contribution in [3.63, 3.8) is 0 Å². The molecule has 5 aromatic rings. The van der Waals surface area contributed by atoms with Crippen LogP contribution in [-0.2, 0) is 0 Å². The van der Waals surface area contributed by atoms with Gasteiger partial charge in [-0.05, 0) is 17.5 Å². The first-order chi connectivity index (χ1) is 11.3. The quantitative estimate of drug-likeness (QED) is 0.319. The molecule has 0 bridgehead atoms. The molecule has 2 aromatic heterocycles. The third-order valence-electron chi connectivity index (χ3n) is 4.34. The predicted molar refractivity (Wildman–Crippen MR) is 91.9 cm³/mol. The van der Waals surface area contributed by atoms with E-state index < -0.39 is 0 Å².